The van der Waals surface area contributed by atoms with Crippen LogP contribution in [0.2, 0.25) is 0 Å². The highest BCUT2D eigenvalue weighted by Gasteiger charge is 2.19. The molecule has 0 bridgehead atoms. The van der Waals surface area contributed by atoms with Crippen LogP contribution in [-0.4, -0.2) is 17.8 Å². The van der Waals surface area contributed by atoms with Crippen molar-refractivity contribution >= 4 is 0 Å². The summed E-state index contributed by atoms with van der Waals surface area (Å²) in [5.41, 5.74) is 2.25. The molecule has 0 saturated heterocycles. The molecule has 0 spiro atoms. The first-order chi connectivity index (χ1) is 8.58. The number of rotatable bonds is 7. The Morgan fingerprint density at radius 3 is 2.50 bits per heavy atom. The number of benzene rings is 1. The molecular weight excluding hydrogens is 224 g/mol. The fourth-order valence-electron chi connectivity index (χ4n) is 2.24. The van der Waals surface area contributed by atoms with Gasteiger partial charge in [-0.25, -0.2) is 0 Å². The minimum atomic E-state index is -0.526. The highest BCUT2D eigenvalue weighted by atomic mass is 16.5. The average molecular weight is 250 g/mol. The molecule has 0 aliphatic heterocycles. The van der Waals surface area contributed by atoms with Crippen molar-refractivity contribution in [3.63, 3.8) is 0 Å². The quantitative estimate of drug-likeness (QED) is 0.799. The van der Waals surface area contributed by atoms with Crippen molar-refractivity contribution in [2.24, 2.45) is 5.92 Å². The molecule has 0 fully saturated rings. The molecule has 2 atom stereocenters. The molecule has 18 heavy (non-hydrogen) atoms. The van der Waals surface area contributed by atoms with Crippen LogP contribution in [0.15, 0.2) is 24.3 Å². The molecule has 0 aliphatic carbocycles. The molecule has 0 aromatic heterocycles. The van der Waals surface area contributed by atoms with Gasteiger partial charge in [0.05, 0.1) is 6.10 Å². The molecule has 102 valence electrons. The lowest BCUT2D eigenvalue weighted by Crippen LogP contribution is -2.21. The summed E-state index contributed by atoms with van der Waals surface area (Å²) in [5.74, 6) is 0.631. The van der Waals surface area contributed by atoms with Gasteiger partial charge in [0.15, 0.2) is 0 Å². The maximum absolute atomic E-state index is 10.3. The summed E-state index contributed by atoms with van der Waals surface area (Å²) in [6, 6.07) is 8.23. The molecular formula is C16H26O2. The largest absolute Gasteiger partial charge is 0.386 e. The second kappa shape index (κ2) is 7.55. The zero-order valence-electron chi connectivity index (χ0n) is 12.0. The van der Waals surface area contributed by atoms with Gasteiger partial charge in [0.1, 0.15) is 6.10 Å². The third kappa shape index (κ3) is 4.43. The fourth-order valence-corrected chi connectivity index (χ4v) is 2.24. The number of hydrogen-bond acceptors (Lipinski definition) is 2. The van der Waals surface area contributed by atoms with E-state index in [0.717, 1.165) is 18.4 Å². The molecule has 2 nitrogen and oxygen atoms in total. The molecule has 2 unspecified atom stereocenters. The van der Waals surface area contributed by atoms with E-state index in [1.807, 2.05) is 26.0 Å². The normalized spacial score (nSPS) is 14.8. The molecule has 1 aromatic rings. The predicted molar refractivity (Wildman–Crippen MR) is 75.6 cm³/mol. The summed E-state index contributed by atoms with van der Waals surface area (Å²) in [6.07, 6.45) is 1.24. The van der Waals surface area contributed by atoms with E-state index in [2.05, 4.69) is 26.0 Å². The molecule has 0 heterocycles. The van der Waals surface area contributed by atoms with Crippen LogP contribution in [0, 0.1) is 5.92 Å². The molecule has 0 amide bonds. The Kier molecular flexibility index (Phi) is 6.37. The third-order valence-electron chi connectivity index (χ3n) is 3.07. The van der Waals surface area contributed by atoms with Crippen LogP contribution < -0.4 is 0 Å². The molecule has 1 aromatic carbocycles. The third-order valence-corrected chi connectivity index (χ3v) is 3.07. The van der Waals surface area contributed by atoms with Crippen LogP contribution in [0.4, 0.5) is 0 Å². The van der Waals surface area contributed by atoms with Gasteiger partial charge in [-0.15, -0.1) is 0 Å². The van der Waals surface area contributed by atoms with E-state index in [1.165, 1.54) is 5.56 Å². The fraction of sp³-hybridized carbons (Fsp3) is 0.625. The van der Waals surface area contributed by atoms with E-state index >= 15 is 0 Å². The molecule has 1 rings (SSSR count). The van der Waals surface area contributed by atoms with Gasteiger partial charge in [-0.1, -0.05) is 45.0 Å². The van der Waals surface area contributed by atoms with Gasteiger partial charge in [0, 0.05) is 6.61 Å². The molecule has 0 aliphatic rings. The van der Waals surface area contributed by atoms with E-state index in [-0.39, 0.29) is 6.10 Å². The summed E-state index contributed by atoms with van der Waals surface area (Å²) < 4.78 is 5.58. The number of ether oxygens (including phenoxy) is 1. The van der Waals surface area contributed by atoms with Crippen molar-refractivity contribution in [3.05, 3.63) is 35.4 Å². The first-order valence-corrected chi connectivity index (χ1v) is 6.96. The first kappa shape index (κ1) is 15.2. The smallest absolute Gasteiger partial charge is 0.105 e. The summed E-state index contributed by atoms with van der Waals surface area (Å²) in [5, 5.41) is 10.3. The molecule has 2 heteroatoms. The van der Waals surface area contributed by atoms with Crippen molar-refractivity contribution < 1.29 is 9.84 Å². The van der Waals surface area contributed by atoms with Gasteiger partial charge in [-0.3, -0.25) is 0 Å². The van der Waals surface area contributed by atoms with E-state index in [0.29, 0.717) is 12.5 Å². The van der Waals surface area contributed by atoms with E-state index < -0.39 is 6.10 Å². The Hall–Kier alpha value is -0.860. The van der Waals surface area contributed by atoms with Gasteiger partial charge >= 0.3 is 0 Å². The Morgan fingerprint density at radius 1 is 1.22 bits per heavy atom. The maximum Gasteiger partial charge on any atom is 0.105 e. The van der Waals surface area contributed by atoms with Gasteiger partial charge in [0.2, 0.25) is 0 Å². The van der Waals surface area contributed by atoms with Crippen molar-refractivity contribution in [1.82, 2.24) is 0 Å². The minimum absolute atomic E-state index is 0.107. The van der Waals surface area contributed by atoms with Crippen molar-refractivity contribution in [3.8, 4) is 0 Å². The van der Waals surface area contributed by atoms with Crippen LogP contribution in [0.25, 0.3) is 0 Å². The SMILES string of the molecule is CCOC(CC)C(O)c1cccc(CC(C)C)c1. The molecule has 0 saturated carbocycles. The zero-order chi connectivity index (χ0) is 13.5. The average Bonchev–Trinajstić information content (AvgIpc) is 2.34. The number of aliphatic hydroxyl groups excluding tert-OH is 1. The van der Waals surface area contributed by atoms with Crippen molar-refractivity contribution in [2.75, 3.05) is 6.61 Å². The number of hydrogen-bond donors (Lipinski definition) is 1. The summed E-state index contributed by atoms with van der Waals surface area (Å²) in [7, 11) is 0. The lowest BCUT2D eigenvalue weighted by Gasteiger charge is -2.22. The molecule has 0 radical (unpaired) electrons. The Morgan fingerprint density at radius 2 is 1.94 bits per heavy atom. The van der Waals surface area contributed by atoms with Crippen LogP contribution >= 0.6 is 0 Å². The summed E-state index contributed by atoms with van der Waals surface area (Å²) in [4.78, 5) is 0. The first-order valence-electron chi connectivity index (χ1n) is 6.96. The summed E-state index contributed by atoms with van der Waals surface area (Å²) >= 11 is 0. The van der Waals surface area contributed by atoms with E-state index in [9.17, 15) is 5.11 Å². The highest BCUT2D eigenvalue weighted by molar-refractivity contribution is 5.26. The maximum atomic E-state index is 10.3. The van der Waals surface area contributed by atoms with Gasteiger partial charge in [-0.2, -0.15) is 0 Å². The van der Waals surface area contributed by atoms with E-state index in [4.69, 9.17) is 4.74 Å². The minimum Gasteiger partial charge on any atom is -0.386 e. The van der Waals surface area contributed by atoms with E-state index in [1.54, 1.807) is 0 Å². The Balaban J connectivity index is 2.81. The predicted octanol–water partition coefficient (Wildman–Crippen LogP) is 3.73. The van der Waals surface area contributed by atoms with Crippen molar-refractivity contribution in [1.29, 1.82) is 0 Å². The standard InChI is InChI=1S/C16H26O2/c1-5-15(18-6-2)16(17)14-9-7-8-13(11-14)10-12(3)4/h7-9,11-12,15-17H,5-6,10H2,1-4H3. The highest BCUT2D eigenvalue weighted by Crippen LogP contribution is 2.23. The number of aliphatic hydroxyl groups is 1. The van der Waals surface area contributed by atoms with Crippen molar-refractivity contribution in [2.45, 2.75) is 52.7 Å². The zero-order valence-corrected chi connectivity index (χ0v) is 12.0. The Bertz CT molecular complexity index is 347. The van der Waals surface area contributed by atoms with Crippen LogP contribution in [-0.2, 0) is 11.2 Å². The van der Waals surface area contributed by atoms with Crippen LogP contribution in [0.5, 0.6) is 0 Å². The summed E-state index contributed by atoms with van der Waals surface area (Å²) in [6.45, 7) is 9.06. The second-order valence-electron chi connectivity index (χ2n) is 5.19. The monoisotopic (exact) mass is 250 g/mol. The topological polar surface area (TPSA) is 29.5 Å². The lowest BCUT2D eigenvalue weighted by molar-refractivity contribution is -0.0356. The van der Waals surface area contributed by atoms with Crippen LogP contribution in [0.3, 0.4) is 0 Å². The van der Waals surface area contributed by atoms with Gasteiger partial charge in [-0.05, 0) is 36.8 Å². The second-order valence-corrected chi connectivity index (χ2v) is 5.19. The Labute approximate surface area is 111 Å². The van der Waals surface area contributed by atoms with Gasteiger partial charge < -0.3 is 9.84 Å². The lowest BCUT2D eigenvalue weighted by atomic mass is 9.96. The van der Waals surface area contributed by atoms with Gasteiger partial charge in [0.25, 0.3) is 0 Å². The molecule has 1 N–H and O–H groups in total. The van der Waals surface area contributed by atoms with Crippen LogP contribution in [0.1, 0.15) is 51.3 Å².